The molecule has 3 rings (SSSR count). The molecule has 1 aliphatic heterocycles. The highest BCUT2D eigenvalue weighted by molar-refractivity contribution is 7.09. The number of benzene rings is 1. The molecule has 1 aliphatic rings. The number of fused-ring (bicyclic) bond motifs is 1. The number of anilines is 1. The first-order valence-electron chi connectivity index (χ1n) is 6.27. The smallest absolute Gasteiger partial charge is 0.0798 e. The summed E-state index contributed by atoms with van der Waals surface area (Å²) in [4.78, 5) is 5.61. The SMILES string of the molecule is Cc1ncsc1CNCC1CNc2ccccc21. The molecule has 0 bridgehead atoms. The number of nitrogens with one attached hydrogen (secondary N) is 2. The second-order valence-corrected chi connectivity index (χ2v) is 5.60. The number of nitrogens with zero attached hydrogens (tertiary/aromatic N) is 1. The summed E-state index contributed by atoms with van der Waals surface area (Å²) in [5, 5.41) is 7.00. The minimum Gasteiger partial charge on any atom is -0.384 e. The van der Waals surface area contributed by atoms with E-state index >= 15 is 0 Å². The van der Waals surface area contributed by atoms with E-state index in [2.05, 4.69) is 46.8 Å². The van der Waals surface area contributed by atoms with Crippen molar-refractivity contribution in [3.05, 3.63) is 45.9 Å². The summed E-state index contributed by atoms with van der Waals surface area (Å²) in [5.41, 5.74) is 5.79. The van der Waals surface area contributed by atoms with Crippen LogP contribution in [0.4, 0.5) is 5.69 Å². The van der Waals surface area contributed by atoms with E-state index in [-0.39, 0.29) is 0 Å². The van der Waals surface area contributed by atoms with Gasteiger partial charge in [0.1, 0.15) is 0 Å². The van der Waals surface area contributed by atoms with Gasteiger partial charge in [0.2, 0.25) is 0 Å². The van der Waals surface area contributed by atoms with Gasteiger partial charge in [0.05, 0.1) is 11.2 Å². The predicted octanol–water partition coefficient (Wildman–Crippen LogP) is 2.75. The van der Waals surface area contributed by atoms with Gasteiger partial charge in [0, 0.05) is 36.1 Å². The third-order valence-corrected chi connectivity index (χ3v) is 4.40. The molecule has 0 fully saturated rings. The van der Waals surface area contributed by atoms with Crippen LogP contribution in [-0.4, -0.2) is 18.1 Å². The number of aromatic nitrogens is 1. The summed E-state index contributed by atoms with van der Waals surface area (Å²) in [6, 6.07) is 8.58. The van der Waals surface area contributed by atoms with E-state index in [1.54, 1.807) is 11.3 Å². The summed E-state index contributed by atoms with van der Waals surface area (Å²) < 4.78 is 0. The van der Waals surface area contributed by atoms with E-state index in [1.165, 1.54) is 16.1 Å². The van der Waals surface area contributed by atoms with E-state index in [1.807, 2.05) is 5.51 Å². The lowest BCUT2D eigenvalue weighted by molar-refractivity contribution is 0.615. The van der Waals surface area contributed by atoms with Gasteiger partial charge in [-0.15, -0.1) is 11.3 Å². The van der Waals surface area contributed by atoms with Gasteiger partial charge < -0.3 is 10.6 Å². The van der Waals surface area contributed by atoms with E-state index in [4.69, 9.17) is 0 Å². The molecule has 0 spiro atoms. The van der Waals surface area contributed by atoms with Crippen LogP contribution in [-0.2, 0) is 6.54 Å². The van der Waals surface area contributed by atoms with Crippen LogP contribution in [0, 0.1) is 6.92 Å². The van der Waals surface area contributed by atoms with Gasteiger partial charge >= 0.3 is 0 Å². The Morgan fingerprint density at radius 3 is 3.17 bits per heavy atom. The molecule has 3 nitrogen and oxygen atoms in total. The summed E-state index contributed by atoms with van der Waals surface area (Å²) in [7, 11) is 0. The number of thiazole rings is 1. The second kappa shape index (κ2) is 5.08. The van der Waals surface area contributed by atoms with Crippen molar-refractivity contribution in [2.75, 3.05) is 18.4 Å². The van der Waals surface area contributed by atoms with Crippen LogP contribution in [0.1, 0.15) is 22.1 Å². The average molecular weight is 259 g/mol. The third-order valence-electron chi connectivity index (χ3n) is 3.46. The van der Waals surface area contributed by atoms with Crippen molar-refractivity contribution in [1.29, 1.82) is 0 Å². The largest absolute Gasteiger partial charge is 0.384 e. The molecule has 0 saturated carbocycles. The molecule has 0 aliphatic carbocycles. The van der Waals surface area contributed by atoms with Crippen molar-refractivity contribution in [1.82, 2.24) is 10.3 Å². The summed E-state index contributed by atoms with van der Waals surface area (Å²) in [5.74, 6) is 0.578. The van der Waals surface area contributed by atoms with Gasteiger partial charge in [-0.3, -0.25) is 0 Å². The van der Waals surface area contributed by atoms with Crippen molar-refractivity contribution in [3.63, 3.8) is 0 Å². The van der Waals surface area contributed by atoms with Gasteiger partial charge in [-0.25, -0.2) is 4.98 Å². The Kier molecular flexibility index (Phi) is 3.30. The van der Waals surface area contributed by atoms with Gasteiger partial charge in [0.15, 0.2) is 0 Å². The Labute approximate surface area is 111 Å². The first-order chi connectivity index (χ1) is 8.84. The lowest BCUT2D eigenvalue weighted by atomic mass is 10.0. The first-order valence-corrected chi connectivity index (χ1v) is 7.15. The summed E-state index contributed by atoms with van der Waals surface area (Å²) >= 11 is 1.73. The molecular formula is C14H17N3S. The summed E-state index contributed by atoms with van der Waals surface area (Å²) in [6.07, 6.45) is 0. The quantitative estimate of drug-likeness (QED) is 0.886. The van der Waals surface area contributed by atoms with Gasteiger partial charge in [-0.1, -0.05) is 18.2 Å². The number of hydrogen-bond donors (Lipinski definition) is 2. The van der Waals surface area contributed by atoms with Gasteiger partial charge in [-0.2, -0.15) is 0 Å². The average Bonchev–Trinajstić information content (AvgIpc) is 2.97. The molecule has 94 valence electrons. The Bertz CT molecular complexity index is 535. The highest BCUT2D eigenvalue weighted by Crippen LogP contribution is 2.30. The number of aryl methyl sites for hydroxylation is 1. The topological polar surface area (TPSA) is 37.0 Å². The fourth-order valence-corrected chi connectivity index (χ4v) is 3.14. The summed E-state index contributed by atoms with van der Waals surface area (Å²) in [6.45, 7) is 5.05. The Hall–Kier alpha value is -1.39. The fraction of sp³-hybridized carbons (Fsp3) is 0.357. The first kappa shape index (κ1) is 11.7. The molecule has 2 aromatic rings. The van der Waals surface area contributed by atoms with Crippen LogP contribution in [0.25, 0.3) is 0 Å². The third kappa shape index (κ3) is 2.26. The maximum absolute atomic E-state index is 4.27. The molecule has 0 saturated heterocycles. The van der Waals surface area contributed by atoms with Gasteiger partial charge in [-0.05, 0) is 18.6 Å². The normalized spacial score (nSPS) is 17.5. The number of rotatable bonds is 4. The minimum atomic E-state index is 0.578. The highest BCUT2D eigenvalue weighted by Gasteiger charge is 2.20. The highest BCUT2D eigenvalue weighted by atomic mass is 32.1. The fourth-order valence-electron chi connectivity index (χ4n) is 2.40. The zero-order chi connectivity index (χ0) is 12.4. The van der Waals surface area contributed by atoms with Crippen molar-refractivity contribution in [2.45, 2.75) is 19.4 Å². The lowest BCUT2D eigenvalue weighted by Gasteiger charge is -2.11. The Morgan fingerprint density at radius 1 is 1.44 bits per heavy atom. The van der Waals surface area contributed by atoms with Crippen LogP contribution < -0.4 is 10.6 Å². The van der Waals surface area contributed by atoms with Crippen molar-refractivity contribution < 1.29 is 0 Å². The van der Waals surface area contributed by atoms with Crippen molar-refractivity contribution in [3.8, 4) is 0 Å². The molecule has 1 atom stereocenters. The second-order valence-electron chi connectivity index (χ2n) is 4.66. The molecule has 1 aromatic heterocycles. The molecule has 0 amide bonds. The maximum Gasteiger partial charge on any atom is 0.0798 e. The molecule has 2 N–H and O–H groups in total. The lowest BCUT2D eigenvalue weighted by Crippen LogP contribution is -2.22. The Balaban J connectivity index is 1.58. The maximum atomic E-state index is 4.27. The predicted molar refractivity (Wildman–Crippen MR) is 76.2 cm³/mol. The molecule has 18 heavy (non-hydrogen) atoms. The molecule has 0 radical (unpaired) electrons. The molecular weight excluding hydrogens is 242 g/mol. The number of hydrogen-bond acceptors (Lipinski definition) is 4. The monoisotopic (exact) mass is 259 g/mol. The van der Waals surface area contributed by atoms with Crippen LogP contribution in [0.15, 0.2) is 29.8 Å². The molecule has 4 heteroatoms. The van der Waals surface area contributed by atoms with Crippen LogP contribution in [0.5, 0.6) is 0 Å². The standard InChI is InChI=1S/C14H17N3S/c1-10-14(18-9-17-10)8-15-6-11-7-16-13-5-3-2-4-12(11)13/h2-5,9,11,15-16H,6-8H2,1H3. The van der Waals surface area contributed by atoms with E-state index < -0.39 is 0 Å². The number of para-hydroxylation sites is 1. The van der Waals surface area contributed by atoms with Gasteiger partial charge in [0.25, 0.3) is 0 Å². The molecule has 2 heterocycles. The van der Waals surface area contributed by atoms with Crippen molar-refractivity contribution in [2.24, 2.45) is 0 Å². The van der Waals surface area contributed by atoms with E-state index in [0.29, 0.717) is 5.92 Å². The van der Waals surface area contributed by atoms with Crippen LogP contribution in [0.2, 0.25) is 0 Å². The van der Waals surface area contributed by atoms with Crippen LogP contribution >= 0.6 is 11.3 Å². The molecule has 1 unspecified atom stereocenters. The molecule has 1 aromatic carbocycles. The Morgan fingerprint density at radius 2 is 2.33 bits per heavy atom. The van der Waals surface area contributed by atoms with Crippen LogP contribution in [0.3, 0.4) is 0 Å². The zero-order valence-corrected chi connectivity index (χ0v) is 11.3. The minimum absolute atomic E-state index is 0.578. The van der Waals surface area contributed by atoms with E-state index in [0.717, 1.165) is 25.3 Å². The van der Waals surface area contributed by atoms with Crippen molar-refractivity contribution >= 4 is 17.0 Å². The zero-order valence-electron chi connectivity index (χ0n) is 10.4. The van der Waals surface area contributed by atoms with E-state index in [9.17, 15) is 0 Å².